The summed E-state index contributed by atoms with van der Waals surface area (Å²) in [7, 11) is 0. The van der Waals surface area contributed by atoms with Gasteiger partial charge in [0.1, 0.15) is 0 Å². The molecule has 0 unspecified atom stereocenters. The van der Waals surface area contributed by atoms with E-state index in [2.05, 4.69) is 4.98 Å². The number of rotatable bonds is 4. The third-order valence-corrected chi connectivity index (χ3v) is 3.22. The lowest BCUT2D eigenvalue weighted by Crippen LogP contribution is -1.86. The van der Waals surface area contributed by atoms with Crippen molar-refractivity contribution in [2.75, 3.05) is 0 Å². The minimum Gasteiger partial charge on any atom is -0.392 e. The van der Waals surface area contributed by atoms with Crippen molar-refractivity contribution in [2.45, 2.75) is 17.3 Å². The Balaban J connectivity index is 1.99. The fourth-order valence-corrected chi connectivity index (χ4v) is 2.27. The van der Waals surface area contributed by atoms with Gasteiger partial charge in [-0.1, -0.05) is 18.2 Å². The molecule has 0 fully saturated rings. The number of pyridine rings is 1. The van der Waals surface area contributed by atoms with Crippen LogP contribution in [0.3, 0.4) is 0 Å². The zero-order valence-corrected chi connectivity index (χ0v) is 9.65. The van der Waals surface area contributed by atoms with E-state index in [-0.39, 0.29) is 6.61 Å². The summed E-state index contributed by atoms with van der Waals surface area (Å²) in [4.78, 5) is 5.43. The van der Waals surface area contributed by atoms with Gasteiger partial charge in [0.2, 0.25) is 0 Å². The maximum atomic E-state index is 9.03. The molecule has 16 heavy (non-hydrogen) atoms. The van der Waals surface area contributed by atoms with Crippen molar-refractivity contribution >= 4 is 11.8 Å². The van der Waals surface area contributed by atoms with Gasteiger partial charge in [-0.15, -0.1) is 11.8 Å². The molecule has 0 radical (unpaired) electrons. The number of aliphatic hydroxyl groups is 1. The summed E-state index contributed by atoms with van der Waals surface area (Å²) in [6.45, 7) is 0.0952. The Morgan fingerprint density at radius 1 is 1.12 bits per heavy atom. The summed E-state index contributed by atoms with van der Waals surface area (Å²) < 4.78 is 0. The second-order valence-electron chi connectivity index (χ2n) is 3.42. The SMILES string of the molecule is OCc1cccc(SCc2ccccn2)c1. The molecular weight excluding hydrogens is 218 g/mol. The van der Waals surface area contributed by atoms with Crippen LogP contribution in [0.25, 0.3) is 0 Å². The van der Waals surface area contributed by atoms with Crippen LogP contribution in [-0.4, -0.2) is 10.1 Å². The van der Waals surface area contributed by atoms with Crippen LogP contribution in [0, 0.1) is 0 Å². The van der Waals surface area contributed by atoms with Crippen molar-refractivity contribution in [3.05, 3.63) is 59.9 Å². The van der Waals surface area contributed by atoms with E-state index in [4.69, 9.17) is 5.11 Å². The van der Waals surface area contributed by atoms with Gasteiger partial charge in [0.15, 0.2) is 0 Å². The van der Waals surface area contributed by atoms with Gasteiger partial charge in [-0.2, -0.15) is 0 Å². The lowest BCUT2D eigenvalue weighted by Gasteiger charge is -2.03. The molecule has 0 spiro atoms. The van der Waals surface area contributed by atoms with Crippen LogP contribution in [0.5, 0.6) is 0 Å². The van der Waals surface area contributed by atoms with Gasteiger partial charge in [0.25, 0.3) is 0 Å². The molecule has 1 aromatic heterocycles. The fraction of sp³-hybridized carbons (Fsp3) is 0.154. The van der Waals surface area contributed by atoms with Crippen LogP contribution in [0.2, 0.25) is 0 Å². The Kier molecular flexibility index (Phi) is 3.97. The number of thioether (sulfide) groups is 1. The highest BCUT2D eigenvalue weighted by Gasteiger charge is 1.98. The van der Waals surface area contributed by atoms with Gasteiger partial charge < -0.3 is 5.11 Å². The molecule has 2 aromatic rings. The summed E-state index contributed by atoms with van der Waals surface area (Å²) >= 11 is 1.73. The minimum atomic E-state index is 0.0952. The molecule has 0 saturated heterocycles. The number of aliphatic hydroxyl groups excluding tert-OH is 1. The number of benzene rings is 1. The van der Waals surface area contributed by atoms with E-state index in [1.54, 1.807) is 18.0 Å². The normalized spacial score (nSPS) is 10.3. The Hall–Kier alpha value is -1.32. The van der Waals surface area contributed by atoms with Crippen molar-refractivity contribution in [3.63, 3.8) is 0 Å². The molecule has 0 saturated carbocycles. The first-order valence-electron chi connectivity index (χ1n) is 5.11. The van der Waals surface area contributed by atoms with Gasteiger partial charge in [-0.05, 0) is 29.8 Å². The first kappa shape index (κ1) is 11.2. The monoisotopic (exact) mass is 231 g/mol. The number of hydrogen-bond donors (Lipinski definition) is 1. The maximum absolute atomic E-state index is 9.03. The van der Waals surface area contributed by atoms with E-state index in [0.29, 0.717) is 0 Å². The Labute approximate surface area is 99.4 Å². The molecule has 0 bridgehead atoms. The van der Waals surface area contributed by atoms with E-state index in [9.17, 15) is 0 Å². The molecule has 2 rings (SSSR count). The first-order valence-corrected chi connectivity index (χ1v) is 6.09. The highest BCUT2D eigenvalue weighted by atomic mass is 32.2. The zero-order chi connectivity index (χ0) is 11.2. The molecule has 2 nitrogen and oxygen atoms in total. The Bertz CT molecular complexity index is 445. The van der Waals surface area contributed by atoms with Crippen LogP contribution >= 0.6 is 11.8 Å². The molecule has 1 aromatic carbocycles. The van der Waals surface area contributed by atoms with Crippen molar-refractivity contribution < 1.29 is 5.11 Å². The average molecular weight is 231 g/mol. The van der Waals surface area contributed by atoms with Crippen molar-refractivity contribution in [3.8, 4) is 0 Å². The summed E-state index contributed by atoms with van der Waals surface area (Å²) in [6, 6.07) is 13.9. The van der Waals surface area contributed by atoms with Crippen LogP contribution in [0.15, 0.2) is 53.6 Å². The molecule has 1 N–H and O–H groups in total. The number of hydrogen-bond acceptors (Lipinski definition) is 3. The highest BCUT2D eigenvalue weighted by molar-refractivity contribution is 7.98. The van der Waals surface area contributed by atoms with Crippen LogP contribution in [0.4, 0.5) is 0 Å². The third kappa shape index (κ3) is 3.08. The van der Waals surface area contributed by atoms with Crippen LogP contribution in [0.1, 0.15) is 11.3 Å². The van der Waals surface area contributed by atoms with Crippen LogP contribution < -0.4 is 0 Å². The van der Waals surface area contributed by atoms with Gasteiger partial charge >= 0.3 is 0 Å². The zero-order valence-electron chi connectivity index (χ0n) is 8.84. The van der Waals surface area contributed by atoms with Gasteiger partial charge in [0, 0.05) is 16.8 Å². The summed E-state index contributed by atoms with van der Waals surface area (Å²) in [5.41, 5.74) is 2.02. The smallest absolute Gasteiger partial charge is 0.0682 e. The lowest BCUT2D eigenvalue weighted by atomic mass is 10.2. The largest absolute Gasteiger partial charge is 0.392 e. The van der Waals surface area contributed by atoms with E-state index in [1.807, 2.05) is 42.5 Å². The molecule has 0 aliphatic rings. The van der Waals surface area contributed by atoms with Crippen molar-refractivity contribution in [1.29, 1.82) is 0 Å². The Morgan fingerprint density at radius 3 is 2.81 bits per heavy atom. The molecule has 0 aliphatic carbocycles. The molecule has 0 aliphatic heterocycles. The predicted molar refractivity (Wildman–Crippen MR) is 66.2 cm³/mol. The number of nitrogens with zero attached hydrogens (tertiary/aromatic N) is 1. The second kappa shape index (κ2) is 5.68. The van der Waals surface area contributed by atoms with Gasteiger partial charge in [-0.3, -0.25) is 4.98 Å². The van der Waals surface area contributed by atoms with E-state index in [0.717, 1.165) is 21.9 Å². The molecule has 3 heteroatoms. The highest BCUT2D eigenvalue weighted by Crippen LogP contribution is 2.22. The topological polar surface area (TPSA) is 33.1 Å². The molecule has 0 amide bonds. The fourth-order valence-electron chi connectivity index (χ4n) is 1.37. The van der Waals surface area contributed by atoms with Gasteiger partial charge in [0.05, 0.1) is 12.3 Å². The predicted octanol–water partition coefficient (Wildman–Crippen LogP) is 2.87. The molecule has 1 heterocycles. The quantitative estimate of drug-likeness (QED) is 0.821. The van der Waals surface area contributed by atoms with E-state index in [1.165, 1.54) is 0 Å². The van der Waals surface area contributed by atoms with Crippen LogP contribution in [-0.2, 0) is 12.4 Å². The molecule has 0 atom stereocenters. The molecular formula is C13H13NOS. The van der Waals surface area contributed by atoms with Crippen molar-refractivity contribution in [2.24, 2.45) is 0 Å². The number of aromatic nitrogens is 1. The minimum absolute atomic E-state index is 0.0952. The van der Waals surface area contributed by atoms with E-state index >= 15 is 0 Å². The summed E-state index contributed by atoms with van der Waals surface area (Å²) in [5, 5.41) is 9.03. The average Bonchev–Trinajstić information content (AvgIpc) is 2.38. The third-order valence-electron chi connectivity index (χ3n) is 2.19. The summed E-state index contributed by atoms with van der Waals surface area (Å²) in [6.07, 6.45) is 1.81. The van der Waals surface area contributed by atoms with Crippen molar-refractivity contribution in [1.82, 2.24) is 4.98 Å². The van der Waals surface area contributed by atoms with Gasteiger partial charge in [-0.25, -0.2) is 0 Å². The lowest BCUT2D eigenvalue weighted by molar-refractivity contribution is 0.281. The van der Waals surface area contributed by atoms with E-state index < -0.39 is 0 Å². The standard InChI is InChI=1S/C13H13NOS/c15-9-11-4-3-6-13(8-11)16-10-12-5-1-2-7-14-12/h1-8,15H,9-10H2. The maximum Gasteiger partial charge on any atom is 0.0682 e. The molecule has 82 valence electrons. The summed E-state index contributed by atoms with van der Waals surface area (Å²) in [5.74, 6) is 0.857. The first-order chi connectivity index (χ1) is 7.88. The Morgan fingerprint density at radius 2 is 2.06 bits per heavy atom. The second-order valence-corrected chi connectivity index (χ2v) is 4.46.